The first kappa shape index (κ1) is 14.1. The number of amides is 1. The summed E-state index contributed by atoms with van der Waals surface area (Å²) in [6, 6.07) is 1.41. The Hall–Kier alpha value is -0.990. The molecule has 0 aliphatic carbocycles. The highest BCUT2D eigenvalue weighted by molar-refractivity contribution is 9.10. The fourth-order valence-electron chi connectivity index (χ4n) is 0.938. The Morgan fingerprint density at radius 1 is 1.47 bits per heavy atom. The molecule has 1 rings (SSSR count). The molecule has 1 heterocycles. The van der Waals surface area contributed by atoms with Crippen LogP contribution < -0.4 is 4.72 Å². The van der Waals surface area contributed by atoms with Crippen molar-refractivity contribution in [3.63, 3.8) is 0 Å². The van der Waals surface area contributed by atoms with Crippen LogP contribution in [-0.4, -0.2) is 44.8 Å². The molecule has 0 unspecified atom stereocenters. The summed E-state index contributed by atoms with van der Waals surface area (Å²) in [5.41, 5.74) is 0. The van der Waals surface area contributed by atoms with Crippen molar-refractivity contribution in [1.29, 1.82) is 0 Å². The minimum absolute atomic E-state index is 0.0124. The SMILES string of the molecule is CN(C)C(=O)CNS(=O)(=O)c1cncc(Br)c1. The van der Waals surface area contributed by atoms with Crippen molar-refractivity contribution in [3.8, 4) is 0 Å². The van der Waals surface area contributed by atoms with Crippen molar-refractivity contribution in [2.24, 2.45) is 0 Å². The lowest BCUT2D eigenvalue weighted by atomic mass is 10.5. The van der Waals surface area contributed by atoms with Gasteiger partial charge in [0.25, 0.3) is 0 Å². The number of sulfonamides is 1. The van der Waals surface area contributed by atoms with Crippen LogP contribution in [0.1, 0.15) is 0 Å². The molecule has 1 aromatic rings. The first-order valence-corrected chi connectivity index (χ1v) is 6.91. The zero-order valence-electron chi connectivity index (χ0n) is 9.34. The van der Waals surface area contributed by atoms with Gasteiger partial charge < -0.3 is 4.90 Å². The van der Waals surface area contributed by atoms with E-state index < -0.39 is 10.0 Å². The van der Waals surface area contributed by atoms with Gasteiger partial charge in [0.05, 0.1) is 6.54 Å². The van der Waals surface area contributed by atoms with E-state index in [1.54, 1.807) is 14.1 Å². The molecule has 0 aliphatic heterocycles. The normalized spacial score (nSPS) is 11.2. The van der Waals surface area contributed by atoms with Crippen LogP contribution >= 0.6 is 15.9 Å². The fourth-order valence-corrected chi connectivity index (χ4v) is 2.42. The van der Waals surface area contributed by atoms with E-state index in [1.165, 1.54) is 23.4 Å². The van der Waals surface area contributed by atoms with Gasteiger partial charge in [0, 0.05) is 31.0 Å². The van der Waals surface area contributed by atoms with Crippen LogP contribution in [0.2, 0.25) is 0 Å². The molecule has 0 aromatic carbocycles. The Kier molecular flexibility index (Phi) is 4.61. The lowest BCUT2D eigenvalue weighted by molar-refractivity contribution is -0.127. The highest BCUT2D eigenvalue weighted by Crippen LogP contribution is 2.13. The molecule has 17 heavy (non-hydrogen) atoms. The van der Waals surface area contributed by atoms with Crippen LogP contribution in [0.25, 0.3) is 0 Å². The van der Waals surface area contributed by atoms with Gasteiger partial charge in [0.1, 0.15) is 4.90 Å². The quantitative estimate of drug-likeness (QED) is 0.859. The van der Waals surface area contributed by atoms with Crippen molar-refractivity contribution in [2.45, 2.75) is 4.90 Å². The summed E-state index contributed by atoms with van der Waals surface area (Å²) in [6.07, 6.45) is 2.69. The van der Waals surface area contributed by atoms with Crippen LogP contribution in [0.3, 0.4) is 0 Å². The van der Waals surface area contributed by atoms with E-state index in [0.717, 1.165) is 0 Å². The molecule has 0 saturated carbocycles. The molecule has 0 fully saturated rings. The molecular weight excluding hydrogens is 310 g/mol. The molecule has 94 valence electrons. The summed E-state index contributed by atoms with van der Waals surface area (Å²) in [7, 11) is -0.596. The highest BCUT2D eigenvalue weighted by atomic mass is 79.9. The molecule has 0 spiro atoms. The Bertz CT molecular complexity index is 516. The number of pyridine rings is 1. The summed E-state index contributed by atoms with van der Waals surface area (Å²) in [4.78, 5) is 16.3. The van der Waals surface area contributed by atoms with E-state index in [9.17, 15) is 13.2 Å². The second-order valence-corrected chi connectivity index (χ2v) is 6.13. The predicted molar refractivity (Wildman–Crippen MR) is 65.8 cm³/mol. The first-order chi connectivity index (χ1) is 7.83. The number of nitrogens with zero attached hydrogens (tertiary/aromatic N) is 2. The predicted octanol–water partition coefficient (Wildman–Crippen LogP) is 0.211. The monoisotopic (exact) mass is 321 g/mol. The van der Waals surface area contributed by atoms with E-state index in [-0.39, 0.29) is 17.3 Å². The Labute approximate surface area is 108 Å². The Balaban J connectivity index is 2.80. The Morgan fingerprint density at radius 3 is 2.65 bits per heavy atom. The molecular formula is C9H12BrN3O3S. The molecule has 0 aliphatic rings. The summed E-state index contributed by atoms with van der Waals surface area (Å²) in [5, 5.41) is 0. The molecule has 6 nitrogen and oxygen atoms in total. The van der Waals surface area contributed by atoms with Crippen LogP contribution in [0, 0.1) is 0 Å². The number of hydrogen-bond donors (Lipinski definition) is 1. The Morgan fingerprint density at radius 2 is 2.12 bits per heavy atom. The van der Waals surface area contributed by atoms with Crippen LogP contribution in [0.15, 0.2) is 27.8 Å². The average Bonchev–Trinajstić information content (AvgIpc) is 2.26. The van der Waals surface area contributed by atoms with Crippen LogP contribution in [-0.2, 0) is 14.8 Å². The number of nitrogens with one attached hydrogen (secondary N) is 1. The minimum Gasteiger partial charge on any atom is -0.348 e. The van der Waals surface area contributed by atoms with Crippen molar-refractivity contribution in [3.05, 3.63) is 22.9 Å². The maximum atomic E-state index is 11.8. The van der Waals surface area contributed by atoms with Crippen molar-refractivity contribution >= 4 is 31.9 Å². The zero-order chi connectivity index (χ0) is 13.1. The first-order valence-electron chi connectivity index (χ1n) is 4.63. The summed E-state index contributed by atoms with van der Waals surface area (Å²) >= 11 is 3.13. The van der Waals surface area contributed by atoms with Crippen molar-refractivity contribution in [2.75, 3.05) is 20.6 Å². The van der Waals surface area contributed by atoms with E-state index >= 15 is 0 Å². The molecule has 1 aromatic heterocycles. The van der Waals surface area contributed by atoms with Gasteiger partial charge in [-0.3, -0.25) is 9.78 Å². The summed E-state index contributed by atoms with van der Waals surface area (Å²) in [6.45, 7) is -0.276. The summed E-state index contributed by atoms with van der Waals surface area (Å²) < 4.78 is 26.3. The average molecular weight is 322 g/mol. The van der Waals surface area contributed by atoms with Crippen molar-refractivity contribution in [1.82, 2.24) is 14.6 Å². The van der Waals surface area contributed by atoms with Gasteiger partial charge >= 0.3 is 0 Å². The largest absolute Gasteiger partial charge is 0.348 e. The maximum absolute atomic E-state index is 11.8. The van der Waals surface area contributed by atoms with Gasteiger partial charge in [0.15, 0.2) is 0 Å². The summed E-state index contributed by atoms with van der Waals surface area (Å²) in [5.74, 6) is -0.323. The third-order valence-corrected chi connectivity index (χ3v) is 3.70. The third-order valence-electron chi connectivity index (χ3n) is 1.90. The van der Waals surface area contributed by atoms with Crippen LogP contribution in [0.4, 0.5) is 0 Å². The third kappa shape index (κ3) is 4.06. The van der Waals surface area contributed by atoms with Gasteiger partial charge in [-0.05, 0) is 22.0 Å². The molecule has 0 radical (unpaired) electrons. The van der Waals surface area contributed by atoms with Gasteiger partial charge in [-0.2, -0.15) is 0 Å². The fraction of sp³-hybridized carbons (Fsp3) is 0.333. The maximum Gasteiger partial charge on any atom is 0.242 e. The van der Waals surface area contributed by atoms with E-state index in [4.69, 9.17) is 0 Å². The van der Waals surface area contributed by atoms with Crippen molar-refractivity contribution < 1.29 is 13.2 Å². The van der Waals surface area contributed by atoms with E-state index in [2.05, 4.69) is 25.6 Å². The van der Waals surface area contributed by atoms with E-state index in [1.807, 2.05) is 0 Å². The van der Waals surface area contributed by atoms with Gasteiger partial charge in [-0.1, -0.05) is 0 Å². The van der Waals surface area contributed by atoms with Gasteiger partial charge in [0.2, 0.25) is 15.9 Å². The molecule has 1 amide bonds. The van der Waals surface area contributed by atoms with Gasteiger partial charge in [-0.25, -0.2) is 13.1 Å². The number of likely N-dealkylation sites (N-methyl/N-ethyl adjacent to an activating group) is 1. The minimum atomic E-state index is -3.70. The van der Waals surface area contributed by atoms with Crippen LogP contribution in [0.5, 0.6) is 0 Å². The number of rotatable bonds is 4. The number of aromatic nitrogens is 1. The number of carbonyl (C=O) groups excluding carboxylic acids is 1. The molecule has 0 atom stereocenters. The number of halogens is 1. The highest BCUT2D eigenvalue weighted by Gasteiger charge is 2.16. The number of carbonyl (C=O) groups is 1. The smallest absolute Gasteiger partial charge is 0.242 e. The number of hydrogen-bond acceptors (Lipinski definition) is 4. The molecule has 1 N–H and O–H groups in total. The van der Waals surface area contributed by atoms with Gasteiger partial charge in [-0.15, -0.1) is 0 Å². The lowest BCUT2D eigenvalue weighted by Crippen LogP contribution is -2.36. The van der Waals surface area contributed by atoms with E-state index in [0.29, 0.717) is 4.47 Å². The second-order valence-electron chi connectivity index (χ2n) is 3.45. The molecule has 8 heteroatoms. The molecule has 0 saturated heterocycles. The standard InChI is InChI=1S/C9H12BrN3O3S/c1-13(2)9(14)6-12-17(15,16)8-3-7(10)4-11-5-8/h3-5,12H,6H2,1-2H3. The second kappa shape index (κ2) is 5.56. The molecule has 0 bridgehead atoms. The zero-order valence-corrected chi connectivity index (χ0v) is 11.7. The topological polar surface area (TPSA) is 79.4 Å². The lowest BCUT2D eigenvalue weighted by Gasteiger charge is -2.11.